The van der Waals surface area contributed by atoms with Gasteiger partial charge in [0.2, 0.25) is 0 Å². The number of hydrogen-bond acceptors (Lipinski definition) is 3. The zero-order chi connectivity index (χ0) is 14.8. The van der Waals surface area contributed by atoms with Crippen molar-refractivity contribution in [2.75, 3.05) is 19.7 Å². The van der Waals surface area contributed by atoms with E-state index < -0.39 is 0 Å². The van der Waals surface area contributed by atoms with E-state index in [1.54, 1.807) is 0 Å². The highest BCUT2D eigenvalue weighted by atomic mass is 16.5. The Morgan fingerprint density at radius 1 is 1.25 bits per heavy atom. The standard InChI is InChI=1S/C17H25NO2/c1-4-5-6-11-18-12-17(19)15-7-9-16(10-8-15)20-13-14(2)3/h7-10,18H,2,4-6,11-13H2,1,3H3. The van der Waals surface area contributed by atoms with E-state index in [4.69, 9.17) is 4.74 Å². The topological polar surface area (TPSA) is 38.3 Å². The number of rotatable bonds is 10. The molecule has 0 saturated carbocycles. The smallest absolute Gasteiger partial charge is 0.176 e. The molecule has 0 radical (unpaired) electrons. The summed E-state index contributed by atoms with van der Waals surface area (Å²) < 4.78 is 5.50. The number of nitrogens with one attached hydrogen (secondary N) is 1. The Morgan fingerprint density at radius 3 is 2.55 bits per heavy atom. The Bertz CT molecular complexity index is 423. The summed E-state index contributed by atoms with van der Waals surface area (Å²) in [6.45, 7) is 9.68. The monoisotopic (exact) mass is 275 g/mol. The van der Waals surface area contributed by atoms with Gasteiger partial charge in [0.25, 0.3) is 0 Å². The van der Waals surface area contributed by atoms with Crippen molar-refractivity contribution in [3.8, 4) is 5.75 Å². The highest BCUT2D eigenvalue weighted by Crippen LogP contribution is 2.13. The van der Waals surface area contributed by atoms with Crippen molar-refractivity contribution < 1.29 is 9.53 Å². The molecule has 0 aliphatic carbocycles. The molecule has 1 aromatic carbocycles. The second kappa shape index (κ2) is 9.32. The van der Waals surface area contributed by atoms with Crippen molar-refractivity contribution in [1.29, 1.82) is 0 Å². The van der Waals surface area contributed by atoms with Crippen LogP contribution in [-0.2, 0) is 0 Å². The van der Waals surface area contributed by atoms with Gasteiger partial charge in [-0.05, 0) is 49.7 Å². The molecular formula is C17H25NO2. The molecule has 0 aromatic heterocycles. The van der Waals surface area contributed by atoms with Crippen molar-refractivity contribution in [1.82, 2.24) is 5.32 Å². The van der Waals surface area contributed by atoms with Crippen molar-refractivity contribution in [3.63, 3.8) is 0 Å². The molecule has 110 valence electrons. The van der Waals surface area contributed by atoms with E-state index in [9.17, 15) is 4.79 Å². The second-order valence-electron chi connectivity index (χ2n) is 5.08. The predicted octanol–water partition coefficient (Wildman–Crippen LogP) is 3.60. The lowest BCUT2D eigenvalue weighted by molar-refractivity contribution is 0.0991. The van der Waals surface area contributed by atoms with Crippen LogP contribution in [0.3, 0.4) is 0 Å². The molecule has 0 unspecified atom stereocenters. The number of unbranched alkanes of at least 4 members (excludes halogenated alkanes) is 2. The fourth-order valence-corrected chi connectivity index (χ4v) is 1.75. The Balaban J connectivity index is 2.35. The summed E-state index contributed by atoms with van der Waals surface area (Å²) >= 11 is 0. The molecule has 0 fully saturated rings. The SMILES string of the molecule is C=C(C)COc1ccc(C(=O)CNCCCCC)cc1. The van der Waals surface area contributed by atoms with E-state index in [-0.39, 0.29) is 5.78 Å². The molecule has 0 bridgehead atoms. The average Bonchev–Trinajstić information content (AvgIpc) is 2.45. The first-order valence-corrected chi connectivity index (χ1v) is 7.24. The molecular weight excluding hydrogens is 250 g/mol. The van der Waals surface area contributed by atoms with Gasteiger partial charge in [0.15, 0.2) is 5.78 Å². The van der Waals surface area contributed by atoms with Crippen molar-refractivity contribution >= 4 is 5.78 Å². The van der Waals surface area contributed by atoms with Crippen LogP contribution in [-0.4, -0.2) is 25.5 Å². The summed E-state index contributed by atoms with van der Waals surface area (Å²) in [5.74, 6) is 0.883. The van der Waals surface area contributed by atoms with Gasteiger partial charge in [0.05, 0.1) is 6.54 Å². The van der Waals surface area contributed by atoms with E-state index in [1.165, 1.54) is 12.8 Å². The maximum absolute atomic E-state index is 11.9. The van der Waals surface area contributed by atoms with E-state index in [0.29, 0.717) is 13.2 Å². The molecule has 0 aliphatic rings. The third-order valence-electron chi connectivity index (χ3n) is 2.90. The molecule has 3 nitrogen and oxygen atoms in total. The van der Waals surface area contributed by atoms with Gasteiger partial charge < -0.3 is 10.1 Å². The van der Waals surface area contributed by atoms with Gasteiger partial charge in [-0.2, -0.15) is 0 Å². The number of ketones is 1. The fourth-order valence-electron chi connectivity index (χ4n) is 1.75. The van der Waals surface area contributed by atoms with Gasteiger partial charge >= 0.3 is 0 Å². The normalized spacial score (nSPS) is 10.3. The highest BCUT2D eigenvalue weighted by molar-refractivity contribution is 5.97. The Morgan fingerprint density at radius 2 is 1.95 bits per heavy atom. The van der Waals surface area contributed by atoms with E-state index in [2.05, 4.69) is 18.8 Å². The maximum Gasteiger partial charge on any atom is 0.176 e. The lowest BCUT2D eigenvalue weighted by Crippen LogP contribution is -2.23. The fraction of sp³-hybridized carbons (Fsp3) is 0.471. The van der Waals surface area contributed by atoms with Crippen molar-refractivity contribution in [2.45, 2.75) is 33.1 Å². The van der Waals surface area contributed by atoms with Crippen LogP contribution in [0.25, 0.3) is 0 Å². The maximum atomic E-state index is 11.9. The summed E-state index contributed by atoms with van der Waals surface area (Å²) in [5, 5.41) is 3.18. The lowest BCUT2D eigenvalue weighted by Gasteiger charge is -2.07. The summed E-state index contributed by atoms with van der Waals surface area (Å²) in [5.41, 5.74) is 1.69. The minimum Gasteiger partial charge on any atom is -0.489 e. The van der Waals surface area contributed by atoms with Gasteiger partial charge in [-0.15, -0.1) is 0 Å². The molecule has 1 rings (SSSR count). The highest BCUT2D eigenvalue weighted by Gasteiger charge is 2.05. The van der Waals surface area contributed by atoms with Crippen LogP contribution < -0.4 is 10.1 Å². The van der Waals surface area contributed by atoms with Crippen LogP contribution in [0.4, 0.5) is 0 Å². The van der Waals surface area contributed by atoms with Gasteiger partial charge in [-0.25, -0.2) is 0 Å². The van der Waals surface area contributed by atoms with Crippen molar-refractivity contribution in [2.24, 2.45) is 0 Å². The first-order valence-electron chi connectivity index (χ1n) is 7.24. The predicted molar refractivity (Wildman–Crippen MR) is 83.5 cm³/mol. The number of ether oxygens (including phenoxy) is 1. The third-order valence-corrected chi connectivity index (χ3v) is 2.90. The quantitative estimate of drug-likeness (QED) is 0.403. The Kier molecular flexibility index (Phi) is 7.66. The van der Waals surface area contributed by atoms with Gasteiger partial charge in [-0.1, -0.05) is 26.3 Å². The number of Topliss-reactive ketones (excluding diaryl/α,β-unsaturated/α-hetero) is 1. The van der Waals surface area contributed by atoms with E-state index in [0.717, 1.165) is 29.9 Å². The number of carbonyl (C=O) groups is 1. The second-order valence-corrected chi connectivity index (χ2v) is 5.08. The molecule has 0 spiro atoms. The molecule has 20 heavy (non-hydrogen) atoms. The number of benzene rings is 1. The van der Waals surface area contributed by atoms with Gasteiger partial charge in [0, 0.05) is 5.56 Å². The largest absolute Gasteiger partial charge is 0.489 e. The van der Waals surface area contributed by atoms with Gasteiger partial charge in [0.1, 0.15) is 12.4 Å². The van der Waals surface area contributed by atoms with Crippen LogP contribution >= 0.6 is 0 Å². The minimum atomic E-state index is 0.118. The Hall–Kier alpha value is -1.61. The zero-order valence-electron chi connectivity index (χ0n) is 12.6. The molecule has 0 atom stereocenters. The first kappa shape index (κ1) is 16.4. The lowest BCUT2D eigenvalue weighted by atomic mass is 10.1. The third kappa shape index (κ3) is 6.53. The minimum absolute atomic E-state index is 0.118. The van der Waals surface area contributed by atoms with Crippen LogP contribution in [0.5, 0.6) is 5.75 Å². The average molecular weight is 275 g/mol. The molecule has 1 N–H and O–H groups in total. The molecule has 3 heteroatoms. The molecule has 0 heterocycles. The number of hydrogen-bond donors (Lipinski definition) is 1. The molecule has 0 aliphatic heterocycles. The van der Waals surface area contributed by atoms with Crippen molar-refractivity contribution in [3.05, 3.63) is 42.0 Å². The van der Waals surface area contributed by atoms with E-state index >= 15 is 0 Å². The Labute approximate surface area is 122 Å². The van der Waals surface area contributed by atoms with Gasteiger partial charge in [-0.3, -0.25) is 4.79 Å². The molecule has 0 saturated heterocycles. The summed E-state index contributed by atoms with van der Waals surface area (Å²) in [6, 6.07) is 7.27. The van der Waals surface area contributed by atoms with Crippen LogP contribution in [0.2, 0.25) is 0 Å². The summed E-state index contributed by atoms with van der Waals surface area (Å²) in [4.78, 5) is 11.9. The van der Waals surface area contributed by atoms with Crippen LogP contribution in [0.1, 0.15) is 43.5 Å². The molecule has 0 amide bonds. The first-order chi connectivity index (χ1) is 9.63. The van der Waals surface area contributed by atoms with Crippen LogP contribution in [0.15, 0.2) is 36.4 Å². The summed E-state index contributed by atoms with van der Waals surface area (Å²) in [6.07, 6.45) is 3.52. The summed E-state index contributed by atoms with van der Waals surface area (Å²) in [7, 11) is 0. The van der Waals surface area contributed by atoms with Crippen LogP contribution in [0, 0.1) is 0 Å². The van der Waals surface area contributed by atoms with E-state index in [1.807, 2.05) is 31.2 Å². The zero-order valence-corrected chi connectivity index (χ0v) is 12.6. The molecule has 1 aromatic rings. The number of carbonyl (C=O) groups excluding carboxylic acids is 1.